The molecule has 32 heavy (non-hydrogen) atoms. The third kappa shape index (κ3) is 4.89. The summed E-state index contributed by atoms with van der Waals surface area (Å²) in [6, 6.07) is 3.28. The standard InChI is InChI=1S/C22H24ClN3O4S2/c1-4-11(2)7-13-12(3)32-21-19(13)20(28)25-22(26-21)31-10-18(27)24-15-9-17-16(8-14(15)23)29-5-6-30-17/h8-9,11H,4-7,10H2,1-3H3,(H,24,27)(H,25,26,28). The van der Waals surface area contributed by atoms with Gasteiger partial charge in [-0.15, -0.1) is 11.3 Å². The number of H-pyrrole nitrogens is 1. The second-order valence-corrected chi connectivity index (χ2v) is 10.3. The molecule has 3 aromatic rings. The van der Waals surface area contributed by atoms with Crippen molar-refractivity contribution in [2.75, 3.05) is 24.3 Å². The summed E-state index contributed by atoms with van der Waals surface area (Å²) in [6.07, 6.45) is 1.91. The van der Waals surface area contributed by atoms with Crippen LogP contribution in [0.15, 0.2) is 22.1 Å². The zero-order valence-electron chi connectivity index (χ0n) is 18.0. The second-order valence-electron chi connectivity index (χ2n) is 7.72. The van der Waals surface area contributed by atoms with E-state index < -0.39 is 0 Å². The van der Waals surface area contributed by atoms with Gasteiger partial charge in [0.1, 0.15) is 18.0 Å². The number of amides is 1. The third-order valence-electron chi connectivity index (χ3n) is 5.34. The first-order valence-corrected chi connectivity index (χ1v) is 12.6. The molecule has 0 fully saturated rings. The van der Waals surface area contributed by atoms with E-state index in [-0.39, 0.29) is 17.2 Å². The molecule has 0 saturated heterocycles. The average Bonchev–Trinajstić information content (AvgIpc) is 3.08. The van der Waals surface area contributed by atoms with Gasteiger partial charge >= 0.3 is 0 Å². The number of hydrogen-bond acceptors (Lipinski definition) is 7. The quantitative estimate of drug-likeness (QED) is 0.354. The van der Waals surface area contributed by atoms with Crippen LogP contribution in [0.1, 0.15) is 30.7 Å². The molecule has 0 bridgehead atoms. The highest BCUT2D eigenvalue weighted by atomic mass is 35.5. The van der Waals surface area contributed by atoms with Gasteiger partial charge in [-0.2, -0.15) is 0 Å². The van der Waals surface area contributed by atoms with Crippen LogP contribution in [0, 0.1) is 12.8 Å². The Kier molecular flexibility index (Phi) is 6.97. The van der Waals surface area contributed by atoms with Gasteiger partial charge in [-0.25, -0.2) is 4.98 Å². The van der Waals surface area contributed by atoms with Gasteiger partial charge in [0.15, 0.2) is 16.7 Å². The van der Waals surface area contributed by atoms with E-state index in [9.17, 15) is 9.59 Å². The number of aryl methyl sites for hydroxylation is 1. The van der Waals surface area contributed by atoms with Gasteiger partial charge in [0.05, 0.1) is 21.8 Å². The molecule has 1 atom stereocenters. The lowest BCUT2D eigenvalue weighted by Crippen LogP contribution is -2.18. The maximum absolute atomic E-state index is 12.8. The van der Waals surface area contributed by atoms with E-state index in [1.54, 1.807) is 12.1 Å². The zero-order valence-corrected chi connectivity index (χ0v) is 20.4. The number of thioether (sulfide) groups is 1. The Bertz CT molecular complexity index is 1220. The minimum Gasteiger partial charge on any atom is -0.486 e. The molecule has 2 aromatic heterocycles. The van der Waals surface area contributed by atoms with Gasteiger partial charge in [-0.3, -0.25) is 9.59 Å². The molecule has 2 N–H and O–H groups in total. The SMILES string of the molecule is CCC(C)Cc1c(C)sc2nc(SCC(=O)Nc3cc4c(cc3Cl)OCCO4)[nH]c(=O)c12. The number of fused-ring (bicyclic) bond motifs is 2. The van der Waals surface area contributed by atoms with Crippen LogP contribution in [0.5, 0.6) is 11.5 Å². The molecule has 1 aliphatic heterocycles. The number of nitrogens with one attached hydrogen (secondary N) is 2. The van der Waals surface area contributed by atoms with E-state index in [0.29, 0.717) is 56.7 Å². The van der Waals surface area contributed by atoms with Crippen molar-refractivity contribution in [1.82, 2.24) is 9.97 Å². The third-order valence-corrected chi connectivity index (χ3v) is 7.56. The number of hydrogen-bond donors (Lipinski definition) is 2. The van der Waals surface area contributed by atoms with Crippen molar-refractivity contribution in [1.29, 1.82) is 0 Å². The van der Waals surface area contributed by atoms with Crippen molar-refractivity contribution in [3.8, 4) is 11.5 Å². The predicted molar refractivity (Wildman–Crippen MR) is 130 cm³/mol. The smallest absolute Gasteiger partial charge is 0.260 e. The Morgan fingerprint density at radius 3 is 2.78 bits per heavy atom. The molecule has 1 amide bonds. The number of ether oxygens (including phenoxy) is 2. The van der Waals surface area contributed by atoms with Crippen LogP contribution in [0.4, 0.5) is 5.69 Å². The summed E-state index contributed by atoms with van der Waals surface area (Å²) in [4.78, 5) is 34.5. The summed E-state index contributed by atoms with van der Waals surface area (Å²) in [7, 11) is 0. The number of anilines is 1. The summed E-state index contributed by atoms with van der Waals surface area (Å²) in [5, 5.41) is 4.23. The van der Waals surface area contributed by atoms with E-state index in [4.69, 9.17) is 21.1 Å². The lowest BCUT2D eigenvalue weighted by atomic mass is 9.98. The van der Waals surface area contributed by atoms with Crippen LogP contribution < -0.4 is 20.3 Å². The first kappa shape index (κ1) is 22.9. The molecular formula is C22H24ClN3O4S2. The second kappa shape index (κ2) is 9.72. The first-order chi connectivity index (χ1) is 15.4. The van der Waals surface area contributed by atoms with Crippen LogP contribution in [-0.4, -0.2) is 34.8 Å². The monoisotopic (exact) mass is 493 g/mol. The van der Waals surface area contributed by atoms with Gasteiger partial charge in [-0.05, 0) is 24.8 Å². The number of nitrogens with zero attached hydrogens (tertiary/aromatic N) is 1. The van der Waals surface area contributed by atoms with Crippen molar-refractivity contribution in [3.63, 3.8) is 0 Å². The summed E-state index contributed by atoms with van der Waals surface area (Å²) in [5.74, 6) is 1.40. The lowest BCUT2D eigenvalue weighted by Gasteiger charge is -2.20. The Balaban J connectivity index is 1.46. The van der Waals surface area contributed by atoms with Crippen LogP contribution in [-0.2, 0) is 11.2 Å². The van der Waals surface area contributed by atoms with Crippen molar-refractivity contribution in [2.24, 2.45) is 5.92 Å². The molecule has 10 heteroatoms. The van der Waals surface area contributed by atoms with Crippen molar-refractivity contribution >= 4 is 56.5 Å². The Morgan fingerprint density at radius 2 is 2.06 bits per heavy atom. The Morgan fingerprint density at radius 1 is 1.34 bits per heavy atom. The number of rotatable bonds is 7. The molecular weight excluding hydrogens is 470 g/mol. The Labute approximate surface area is 198 Å². The van der Waals surface area contributed by atoms with E-state index in [1.807, 2.05) is 6.92 Å². The highest BCUT2D eigenvalue weighted by molar-refractivity contribution is 7.99. The molecule has 0 radical (unpaired) electrons. The minimum absolute atomic E-state index is 0.0727. The number of carbonyl (C=O) groups excluding carboxylic acids is 1. The number of halogens is 1. The van der Waals surface area contributed by atoms with E-state index >= 15 is 0 Å². The predicted octanol–water partition coefficient (Wildman–Crippen LogP) is 5.04. The molecule has 0 spiro atoms. The molecule has 0 saturated carbocycles. The fourth-order valence-electron chi connectivity index (χ4n) is 3.44. The Hall–Kier alpha value is -2.23. The van der Waals surface area contributed by atoms with Crippen molar-refractivity contribution < 1.29 is 14.3 Å². The van der Waals surface area contributed by atoms with Crippen molar-refractivity contribution in [2.45, 2.75) is 38.8 Å². The molecule has 1 unspecified atom stereocenters. The summed E-state index contributed by atoms with van der Waals surface area (Å²) in [5.41, 5.74) is 1.37. The van der Waals surface area contributed by atoms with E-state index in [2.05, 4.69) is 29.1 Å². The maximum Gasteiger partial charge on any atom is 0.260 e. The van der Waals surface area contributed by atoms with Crippen LogP contribution >= 0.6 is 34.7 Å². The largest absolute Gasteiger partial charge is 0.486 e. The van der Waals surface area contributed by atoms with Crippen molar-refractivity contribution in [3.05, 3.63) is 37.9 Å². The normalized spacial score (nSPS) is 13.9. The topological polar surface area (TPSA) is 93.3 Å². The molecule has 1 aromatic carbocycles. The van der Waals surface area contributed by atoms with Crippen LogP contribution in [0.25, 0.3) is 10.2 Å². The van der Waals surface area contributed by atoms with Crippen LogP contribution in [0.3, 0.4) is 0 Å². The van der Waals surface area contributed by atoms with Gasteiger partial charge in [0.2, 0.25) is 5.91 Å². The lowest BCUT2D eigenvalue weighted by molar-refractivity contribution is -0.113. The fourth-order valence-corrected chi connectivity index (χ4v) is 5.42. The minimum atomic E-state index is -0.267. The summed E-state index contributed by atoms with van der Waals surface area (Å²) >= 11 is 8.95. The molecule has 170 valence electrons. The number of thiophene rings is 1. The number of carbonyl (C=O) groups is 1. The first-order valence-electron chi connectivity index (χ1n) is 10.4. The molecule has 4 rings (SSSR count). The molecule has 0 aliphatic carbocycles. The number of aromatic nitrogens is 2. The molecule has 7 nitrogen and oxygen atoms in total. The zero-order chi connectivity index (χ0) is 22.8. The van der Waals surface area contributed by atoms with E-state index in [0.717, 1.165) is 23.3 Å². The number of aromatic amines is 1. The summed E-state index contributed by atoms with van der Waals surface area (Å²) in [6.45, 7) is 7.27. The van der Waals surface area contributed by atoms with Gasteiger partial charge in [0, 0.05) is 17.0 Å². The summed E-state index contributed by atoms with van der Waals surface area (Å²) < 4.78 is 11.0. The van der Waals surface area contributed by atoms with Crippen LogP contribution in [0.2, 0.25) is 5.02 Å². The number of benzene rings is 1. The highest BCUT2D eigenvalue weighted by Gasteiger charge is 2.19. The fraction of sp³-hybridized carbons (Fsp3) is 0.409. The molecule has 3 heterocycles. The van der Waals surface area contributed by atoms with E-state index in [1.165, 1.54) is 23.1 Å². The highest BCUT2D eigenvalue weighted by Crippen LogP contribution is 2.38. The van der Waals surface area contributed by atoms with Gasteiger partial charge in [-0.1, -0.05) is 43.6 Å². The van der Waals surface area contributed by atoms with Gasteiger partial charge in [0.25, 0.3) is 5.56 Å². The molecule has 1 aliphatic rings. The average molecular weight is 494 g/mol. The maximum atomic E-state index is 12.8. The van der Waals surface area contributed by atoms with Gasteiger partial charge < -0.3 is 19.8 Å².